The van der Waals surface area contributed by atoms with Crippen LogP contribution < -0.4 is 15.0 Å². The van der Waals surface area contributed by atoms with Crippen molar-refractivity contribution in [3.8, 4) is 28.4 Å². The van der Waals surface area contributed by atoms with Crippen LogP contribution in [-0.2, 0) is 23.3 Å². The number of nitrogens with zero attached hydrogens (tertiary/aromatic N) is 1. The van der Waals surface area contributed by atoms with E-state index in [9.17, 15) is 22.0 Å². The van der Waals surface area contributed by atoms with Gasteiger partial charge in [0.05, 0.1) is 16.8 Å². The van der Waals surface area contributed by atoms with Gasteiger partial charge in [-0.2, -0.15) is 0 Å². The number of aryl methyl sites for hydroxylation is 2. The van der Waals surface area contributed by atoms with Gasteiger partial charge in [-0.1, -0.05) is 0 Å². The van der Waals surface area contributed by atoms with Crippen LogP contribution in [0.2, 0.25) is 0 Å². The molecule has 2 heterocycles. The average molecular weight is 488 g/mol. The van der Waals surface area contributed by atoms with E-state index >= 15 is 0 Å². The quantitative estimate of drug-likeness (QED) is 0.521. The summed E-state index contributed by atoms with van der Waals surface area (Å²) in [6, 6.07) is 7.73. The zero-order valence-corrected chi connectivity index (χ0v) is 19.3. The first-order chi connectivity index (χ1) is 16.2. The molecule has 1 aliphatic heterocycles. The van der Waals surface area contributed by atoms with E-state index in [1.165, 1.54) is 34.9 Å². The van der Waals surface area contributed by atoms with Crippen LogP contribution >= 0.6 is 0 Å². The zero-order valence-electron chi connectivity index (χ0n) is 18.5. The van der Waals surface area contributed by atoms with Crippen molar-refractivity contribution in [1.29, 1.82) is 0 Å². The van der Waals surface area contributed by atoms with Crippen LogP contribution in [0.1, 0.15) is 31.2 Å². The molecule has 1 saturated carbocycles. The first-order valence-corrected chi connectivity index (χ1v) is 12.7. The van der Waals surface area contributed by atoms with E-state index in [0.717, 1.165) is 6.07 Å². The van der Waals surface area contributed by atoms with E-state index in [-0.39, 0.29) is 34.3 Å². The molecule has 2 aromatic carbocycles. The van der Waals surface area contributed by atoms with Gasteiger partial charge in [0, 0.05) is 42.1 Å². The van der Waals surface area contributed by atoms with Gasteiger partial charge in [-0.25, -0.2) is 17.2 Å². The highest BCUT2D eigenvalue weighted by Crippen LogP contribution is 2.43. The Morgan fingerprint density at radius 3 is 2.56 bits per heavy atom. The molecule has 0 radical (unpaired) electrons. The molecular formula is C25H23F2NO5S. The second-order valence-electron chi connectivity index (χ2n) is 8.69. The summed E-state index contributed by atoms with van der Waals surface area (Å²) < 4.78 is 67.9. The lowest BCUT2D eigenvalue weighted by molar-refractivity contribution is 0.306. The van der Waals surface area contributed by atoms with Crippen molar-refractivity contribution in [2.45, 2.75) is 42.2 Å². The van der Waals surface area contributed by atoms with E-state index in [1.54, 1.807) is 13.2 Å². The molecular weight excluding hydrogens is 464 g/mol. The molecule has 1 fully saturated rings. The molecule has 6 nitrogen and oxygen atoms in total. The highest BCUT2D eigenvalue weighted by Gasteiger charge is 2.37. The molecule has 0 atom stereocenters. The van der Waals surface area contributed by atoms with E-state index in [0.29, 0.717) is 48.8 Å². The Morgan fingerprint density at radius 1 is 1.00 bits per heavy atom. The number of aromatic nitrogens is 1. The second-order valence-corrected chi connectivity index (χ2v) is 10.9. The van der Waals surface area contributed by atoms with Gasteiger partial charge >= 0.3 is 0 Å². The number of fused-ring (bicyclic) bond motifs is 4. The van der Waals surface area contributed by atoms with Crippen LogP contribution in [0.3, 0.4) is 0 Å². The van der Waals surface area contributed by atoms with Gasteiger partial charge in [-0.05, 0) is 56.4 Å². The first-order valence-electron chi connectivity index (χ1n) is 11.1. The van der Waals surface area contributed by atoms with Gasteiger partial charge < -0.3 is 14.0 Å². The number of sulfone groups is 1. The third kappa shape index (κ3) is 4.20. The maximum atomic E-state index is 14.8. The molecule has 1 aliphatic carbocycles. The number of benzene rings is 2. The lowest BCUT2D eigenvalue weighted by atomic mass is 10.0. The van der Waals surface area contributed by atoms with Crippen LogP contribution in [0.25, 0.3) is 11.1 Å². The van der Waals surface area contributed by atoms with E-state index in [4.69, 9.17) is 9.47 Å². The Balaban J connectivity index is 1.75. The Morgan fingerprint density at radius 2 is 1.79 bits per heavy atom. The summed E-state index contributed by atoms with van der Waals surface area (Å²) in [5.74, 6) is -1.19. The fraction of sp³-hybridized carbons (Fsp3) is 0.320. The number of halogens is 2. The summed E-state index contributed by atoms with van der Waals surface area (Å²) in [4.78, 5) is 12.4. The lowest BCUT2D eigenvalue weighted by Crippen LogP contribution is -2.16. The molecule has 0 unspecified atom stereocenters. The fourth-order valence-electron chi connectivity index (χ4n) is 4.11. The molecule has 9 heteroatoms. The minimum absolute atomic E-state index is 0.103. The Bertz CT molecular complexity index is 1440. The van der Waals surface area contributed by atoms with Crippen LogP contribution in [0.4, 0.5) is 8.78 Å². The van der Waals surface area contributed by atoms with Gasteiger partial charge in [-0.3, -0.25) is 4.79 Å². The Kier molecular flexibility index (Phi) is 5.67. The van der Waals surface area contributed by atoms with Crippen molar-refractivity contribution in [3.05, 3.63) is 70.1 Å². The summed E-state index contributed by atoms with van der Waals surface area (Å²) in [6.45, 7) is 0.281. The zero-order chi connectivity index (χ0) is 24.0. The number of hydrogen-bond donors (Lipinski definition) is 0. The van der Waals surface area contributed by atoms with Gasteiger partial charge in [-0.15, -0.1) is 0 Å². The topological polar surface area (TPSA) is 74.6 Å². The number of rotatable bonds is 2. The van der Waals surface area contributed by atoms with E-state index < -0.39 is 26.7 Å². The van der Waals surface area contributed by atoms with Crippen molar-refractivity contribution in [1.82, 2.24) is 4.57 Å². The van der Waals surface area contributed by atoms with Gasteiger partial charge in [0.25, 0.3) is 5.56 Å². The highest BCUT2D eigenvalue weighted by atomic mass is 32.2. The summed E-state index contributed by atoms with van der Waals surface area (Å²) in [7, 11) is -1.96. The van der Waals surface area contributed by atoms with E-state index in [2.05, 4.69) is 0 Å². The van der Waals surface area contributed by atoms with Gasteiger partial charge in [0.15, 0.2) is 21.4 Å². The molecule has 34 heavy (non-hydrogen) atoms. The van der Waals surface area contributed by atoms with Crippen LogP contribution in [-0.4, -0.2) is 24.8 Å². The molecule has 0 bridgehead atoms. The maximum Gasteiger partial charge on any atom is 0.254 e. The molecule has 0 spiro atoms. The molecule has 0 N–H and O–H groups in total. The Hall–Kier alpha value is -3.20. The fourth-order valence-corrected chi connectivity index (χ4v) is 5.80. The van der Waals surface area contributed by atoms with Crippen LogP contribution in [0.15, 0.2) is 52.3 Å². The van der Waals surface area contributed by atoms with E-state index in [1.807, 2.05) is 0 Å². The summed E-state index contributed by atoms with van der Waals surface area (Å²) in [5.41, 5.74) is 0.860. The van der Waals surface area contributed by atoms with Crippen LogP contribution in [0.5, 0.6) is 17.2 Å². The normalized spacial score (nSPS) is 16.1. The standard InChI is InChI=1S/C25H23F2NO5S/c1-28-14-20-19-12-18(34(30,31)17-5-6-17)7-8-22(19)33-25-15(10-16(26)11-21(25)27)4-2-3-9-32-23(20)13-24(28)29/h7-8,10-14,17H,2-6,9H2,1H3. The average Bonchev–Trinajstić information content (AvgIpc) is 3.63. The summed E-state index contributed by atoms with van der Waals surface area (Å²) in [5, 5.41) is -0.422. The SMILES string of the molecule is Cn1cc2c(cc1=O)OCCCCc1cc(F)cc(F)c1Oc1ccc(S(=O)(=O)C3CC3)cc1-2. The third-order valence-electron chi connectivity index (χ3n) is 6.12. The maximum absolute atomic E-state index is 14.8. The highest BCUT2D eigenvalue weighted by molar-refractivity contribution is 7.92. The predicted molar refractivity (Wildman–Crippen MR) is 122 cm³/mol. The molecule has 1 aromatic heterocycles. The smallest absolute Gasteiger partial charge is 0.254 e. The molecule has 0 saturated heterocycles. The second kappa shape index (κ2) is 8.54. The summed E-state index contributed by atoms with van der Waals surface area (Å²) >= 11 is 0. The predicted octanol–water partition coefficient (Wildman–Crippen LogP) is 4.77. The third-order valence-corrected chi connectivity index (χ3v) is 8.38. The molecule has 2 aliphatic rings. The Labute approximate surface area is 195 Å². The number of hydrogen-bond acceptors (Lipinski definition) is 5. The largest absolute Gasteiger partial charge is 0.493 e. The molecule has 178 valence electrons. The molecule has 3 aromatic rings. The van der Waals surface area contributed by atoms with Gasteiger partial charge in [0.1, 0.15) is 17.3 Å². The van der Waals surface area contributed by atoms with Crippen molar-refractivity contribution in [2.24, 2.45) is 7.05 Å². The molecule has 5 rings (SSSR count). The monoisotopic (exact) mass is 487 g/mol. The van der Waals surface area contributed by atoms with Crippen molar-refractivity contribution < 1.29 is 26.7 Å². The first kappa shape index (κ1) is 22.6. The molecule has 0 amide bonds. The number of ether oxygens (including phenoxy) is 2. The minimum Gasteiger partial charge on any atom is -0.493 e. The minimum atomic E-state index is -3.53. The van der Waals surface area contributed by atoms with Crippen molar-refractivity contribution in [3.63, 3.8) is 0 Å². The van der Waals surface area contributed by atoms with Crippen molar-refractivity contribution in [2.75, 3.05) is 6.61 Å². The van der Waals surface area contributed by atoms with Gasteiger partial charge in [0.2, 0.25) is 0 Å². The van der Waals surface area contributed by atoms with Crippen LogP contribution in [0, 0.1) is 11.6 Å². The number of pyridine rings is 1. The lowest BCUT2D eigenvalue weighted by Gasteiger charge is -2.20. The summed E-state index contributed by atoms with van der Waals surface area (Å²) in [6.07, 6.45) is 4.28. The van der Waals surface area contributed by atoms with Crippen molar-refractivity contribution >= 4 is 9.84 Å².